The van der Waals surface area contributed by atoms with Crippen LogP contribution in [-0.4, -0.2) is 80.7 Å². The van der Waals surface area contributed by atoms with Crippen molar-refractivity contribution >= 4 is 50.2 Å². The topological polar surface area (TPSA) is 142 Å². The van der Waals surface area contributed by atoms with Crippen molar-refractivity contribution < 1.29 is 45.8 Å². The number of esters is 1. The number of ether oxygens (including phenoxy) is 1. The number of nitrogens with one attached hydrogen (secondary N) is 2. The largest absolute Gasteiger partial charge is 0.490 e. The third-order valence-electron chi connectivity index (χ3n) is 4.82. The average Bonchev–Trinajstić information content (AvgIpc) is 2.82. The first-order valence-corrected chi connectivity index (χ1v) is 12.2. The summed E-state index contributed by atoms with van der Waals surface area (Å²) in [6.45, 7) is 2.16. The number of hydrogen-bond acceptors (Lipinski definition) is 7. The molecule has 1 fully saturated rings. The van der Waals surface area contributed by atoms with E-state index in [1.807, 2.05) is 0 Å². The molecule has 2 aromatic rings. The maximum Gasteiger partial charge on any atom is 0.490 e. The number of alkyl halides is 3. The van der Waals surface area contributed by atoms with Gasteiger partial charge in [0.05, 0.1) is 11.5 Å². The number of aliphatic carboxylic acids is 1. The van der Waals surface area contributed by atoms with Crippen LogP contribution in [0.2, 0.25) is 5.02 Å². The number of carboxylic acids is 1. The molecule has 0 aliphatic carbocycles. The van der Waals surface area contributed by atoms with Crippen LogP contribution in [0.3, 0.4) is 0 Å². The van der Waals surface area contributed by atoms with Gasteiger partial charge in [0.25, 0.3) is 0 Å². The molecule has 15 heteroatoms. The van der Waals surface area contributed by atoms with Crippen LogP contribution in [-0.2, 0) is 29.1 Å². The van der Waals surface area contributed by atoms with E-state index in [0.29, 0.717) is 11.6 Å². The molecule has 2 aromatic carbocycles. The van der Waals surface area contributed by atoms with Crippen LogP contribution in [0.15, 0.2) is 41.3 Å². The van der Waals surface area contributed by atoms with Gasteiger partial charge in [0, 0.05) is 24.7 Å². The molecule has 1 heterocycles. The van der Waals surface area contributed by atoms with E-state index >= 15 is 0 Å². The Labute approximate surface area is 209 Å². The molecule has 0 radical (unpaired) electrons. The van der Waals surface area contributed by atoms with Crippen LogP contribution in [0.25, 0.3) is 10.8 Å². The van der Waals surface area contributed by atoms with Crippen molar-refractivity contribution in [1.29, 1.82) is 0 Å². The molecular weight excluding hydrogens is 531 g/mol. The molecule has 3 rings (SSSR count). The number of benzene rings is 2. The van der Waals surface area contributed by atoms with Crippen LogP contribution in [0.4, 0.5) is 13.2 Å². The number of carboxylic acid groups (broad SMARTS) is 1. The predicted molar refractivity (Wildman–Crippen MR) is 123 cm³/mol. The second-order valence-corrected chi connectivity index (χ2v) is 9.72. The quantitative estimate of drug-likeness (QED) is 0.460. The molecule has 1 saturated heterocycles. The highest BCUT2D eigenvalue weighted by Gasteiger charge is 2.38. The predicted octanol–water partition coefficient (Wildman–Crippen LogP) is 1.77. The summed E-state index contributed by atoms with van der Waals surface area (Å²) >= 11 is 5.98. The summed E-state index contributed by atoms with van der Waals surface area (Å²) in [4.78, 5) is 32.8. The lowest BCUT2D eigenvalue weighted by molar-refractivity contribution is -0.192. The number of rotatable bonds is 6. The lowest BCUT2D eigenvalue weighted by Gasteiger charge is -2.32. The number of carbonyl (C=O) groups is 3. The van der Waals surface area contributed by atoms with Crippen LogP contribution in [0, 0.1) is 0 Å². The number of hydrogen-bond donors (Lipinski definition) is 3. The Morgan fingerprint density at radius 3 is 2.42 bits per heavy atom. The molecule has 36 heavy (non-hydrogen) atoms. The molecule has 1 aliphatic rings. The molecule has 3 N–H and O–H groups in total. The SMILES string of the molecule is CCOC(=O)CNC(=O)C1CN(S(=O)(=O)c2ccc3cc(Cl)ccc3c2)CCN1.O=C(O)C(F)(F)F. The molecule has 1 unspecified atom stereocenters. The number of carbonyl (C=O) groups excluding carboxylic acids is 2. The third-order valence-corrected chi connectivity index (χ3v) is 6.92. The maximum absolute atomic E-state index is 13.1. The Kier molecular flexibility index (Phi) is 10.0. The maximum atomic E-state index is 13.1. The number of fused-ring (bicyclic) bond motifs is 1. The zero-order chi connectivity index (χ0) is 27.1. The van der Waals surface area contributed by atoms with Gasteiger partial charge in [-0.25, -0.2) is 13.2 Å². The Hall–Kier alpha value is -2.94. The fraction of sp³-hybridized carbons (Fsp3) is 0.381. The van der Waals surface area contributed by atoms with Gasteiger partial charge in [0.1, 0.15) is 12.6 Å². The summed E-state index contributed by atoms with van der Waals surface area (Å²) in [5.74, 6) is -3.75. The monoisotopic (exact) mass is 553 g/mol. The van der Waals surface area contributed by atoms with Crippen molar-refractivity contribution in [1.82, 2.24) is 14.9 Å². The summed E-state index contributed by atoms with van der Waals surface area (Å²) in [6.07, 6.45) is -5.08. The van der Waals surface area contributed by atoms with Gasteiger partial charge in [-0.1, -0.05) is 23.7 Å². The van der Waals surface area contributed by atoms with Crippen LogP contribution in [0.1, 0.15) is 6.92 Å². The molecule has 1 atom stereocenters. The fourth-order valence-corrected chi connectivity index (χ4v) is 4.79. The van der Waals surface area contributed by atoms with Crippen molar-refractivity contribution in [2.45, 2.75) is 24.0 Å². The lowest BCUT2D eigenvalue weighted by Crippen LogP contribution is -2.58. The third kappa shape index (κ3) is 8.05. The van der Waals surface area contributed by atoms with E-state index in [-0.39, 0.29) is 31.1 Å². The second-order valence-electron chi connectivity index (χ2n) is 7.35. The molecule has 198 valence electrons. The summed E-state index contributed by atoms with van der Waals surface area (Å²) in [6, 6.07) is 9.31. The number of piperazine rings is 1. The Balaban J connectivity index is 0.000000572. The number of amides is 1. The highest BCUT2D eigenvalue weighted by molar-refractivity contribution is 7.89. The molecular formula is C21H23ClF3N3O7S. The highest BCUT2D eigenvalue weighted by Crippen LogP contribution is 2.25. The van der Waals surface area contributed by atoms with E-state index in [1.54, 1.807) is 37.3 Å². The van der Waals surface area contributed by atoms with E-state index in [0.717, 1.165) is 10.8 Å². The number of halogens is 4. The second kappa shape index (κ2) is 12.3. The van der Waals surface area contributed by atoms with Gasteiger partial charge >= 0.3 is 18.1 Å². The lowest BCUT2D eigenvalue weighted by atomic mass is 10.1. The summed E-state index contributed by atoms with van der Waals surface area (Å²) in [5.41, 5.74) is 0. The van der Waals surface area contributed by atoms with Crippen molar-refractivity contribution in [3.05, 3.63) is 41.4 Å². The van der Waals surface area contributed by atoms with E-state index in [4.69, 9.17) is 26.2 Å². The van der Waals surface area contributed by atoms with Gasteiger partial charge in [0.2, 0.25) is 15.9 Å². The molecule has 0 spiro atoms. The van der Waals surface area contributed by atoms with Crippen LogP contribution in [0.5, 0.6) is 0 Å². The van der Waals surface area contributed by atoms with Gasteiger partial charge < -0.3 is 20.5 Å². The molecule has 0 saturated carbocycles. The number of nitrogens with zero attached hydrogens (tertiary/aromatic N) is 1. The van der Waals surface area contributed by atoms with Gasteiger partial charge in [-0.15, -0.1) is 0 Å². The van der Waals surface area contributed by atoms with Gasteiger partial charge in [-0.2, -0.15) is 17.5 Å². The summed E-state index contributed by atoms with van der Waals surface area (Å²) < 4.78 is 63.9. The first-order valence-electron chi connectivity index (χ1n) is 10.4. The first kappa shape index (κ1) is 29.3. The summed E-state index contributed by atoms with van der Waals surface area (Å²) in [7, 11) is -3.78. The smallest absolute Gasteiger partial charge is 0.475 e. The van der Waals surface area contributed by atoms with Gasteiger partial charge in [-0.05, 0) is 42.0 Å². The van der Waals surface area contributed by atoms with Crippen molar-refractivity contribution in [3.8, 4) is 0 Å². The van der Waals surface area contributed by atoms with Crippen LogP contribution >= 0.6 is 11.6 Å². The zero-order valence-corrected chi connectivity index (χ0v) is 20.4. The molecule has 10 nitrogen and oxygen atoms in total. The highest BCUT2D eigenvalue weighted by atomic mass is 35.5. The average molecular weight is 554 g/mol. The van der Waals surface area contributed by atoms with Gasteiger partial charge in [-0.3, -0.25) is 9.59 Å². The molecule has 1 amide bonds. The minimum absolute atomic E-state index is 0.0321. The van der Waals surface area contributed by atoms with E-state index in [9.17, 15) is 31.2 Å². The Bertz CT molecular complexity index is 1220. The van der Waals surface area contributed by atoms with Gasteiger partial charge in [0.15, 0.2) is 0 Å². The molecule has 0 aromatic heterocycles. The minimum atomic E-state index is -5.08. The van der Waals surface area contributed by atoms with Crippen molar-refractivity contribution in [2.75, 3.05) is 32.8 Å². The molecule has 0 bridgehead atoms. The van der Waals surface area contributed by atoms with E-state index in [2.05, 4.69) is 10.6 Å². The Morgan fingerprint density at radius 1 is 1.19 bits per heavy atom. The van der Waals surface area contributed by atoms with E-state index < -0.39 is 40.1 Å². The van der Waals surface area contributed by atoms with Crippen LogP contribution < -0.4 is 10.6 Å². The fourth-order valence-electron chi connectivity index (χ4n) is 3.12. The number of sulfonamides is 1. The Morgan fingerprint density at radius 2 is 1.81 bits per heavy atom. The summed E-state index contributed by atoms with van der Waals surface area (Å²) in [5, 5.41) is 14.7. The first-order chi connectivity index (χ1) is 16.8. The van der Waals surface area contributed by atoms with Crippen molar-refractivity contribution in [2.24, 2.45) is 0 Å². The van der Waals surface area contributed by atoms with Crippen molar-refractivity contribution in [3.63, 3.8) is 0 Å². The molecule has 1 aliphatic heterocycles. The van der Waals surface area contributed by atoms with E-state index in [1.165, 1.54) is 10.4 Å². The normalized spacial score (nSPS) is 16.5. The zero-order valence-electron chi connectivity index (χ0n) is 18.8. The minimum Gasteiger partial charge on any atom is -0.475 e. The standard InChI is InChI=1S/C19H22ClN3O5S.C2HF3O2/c1-2-28-18(24)11-22-19(25)17-12-23(8-7-21-17)29(26,27)16-6-4-13-9-15(20)5-3-14(13)10-16;3-2(4,5)1(6)7/h3-6,9-10,17,21H,2,7-8,11-12H2,1H3,(H,22,25);(H,6,7).